The van der Waals surface area contributed by atoms with Crippen molar-refractivity contribution in [2.75, 3.05) is 26.2 Å². The third kappa shape index (κ3) is 5.17. The molecule has 0 aliphatic carbocycles. The molecule has 2 fully saturated rings. The molecule has 0 bridgehead atoms. The highest BCUT2D eigenvalue weighted by Crippen LogP contribution is 2.32. The third-order valence-corrected chi connectivity index (χ3v) is 5.23. The first-order valence-corrected chi connectivity index (χ1v) is 9.02. The molecule has 3 rings (SSSR count). The number of carbonyl (C=O) groups excluding carboxylic acids is 1. The van der Waals surface area contributed by atoms with Crippen LogP contribution in [0.25, 0.3) is 6.08 Å². The molecule has 6 nitrogen and oxygen atoms in total. The summed E-state index contributed by atoms with van der Waals surface area (Å²) in [4.78, 5) is 26.7. The van der Waals surface area contributed by atoms with E-state index in [1.54, 1.807) is 11.0 Å². The van der Waals surface area contributed by atoms with Gasteiger partial charge in [-0.2, -0.15) is 0 Å². The fourth-order valence-electron chi connectivity index (χ4n) is 3.78. The van der Waals surface area contributed by atoms with Crippen molar-refractivity contribution in [1.29, 1.82) is 0 Å². The standard InChI is InChI=1S/C19H21F3N2O4/c20-19(21,22)28-16-4-1-13(2-5-16)3-6-17(25)23-9-7-14-11-24(18(26)27)12-15(14)8-10-23/h1-6,14-15H,7-12H2,(H,26,27)/t14-,15+. The topological polar surface area (TPSA) is 70.1 Å². The van der Waals surface area contributed by atoms with E-state index >= 15 is 0 Å². The fourth-order valence-corrected chi connectivity index (χ4v) is 3.78. The Morgan fingerprint density at radius 1 is 1.04 bits per heavy atom. The zero-order valence-corrected chi connectivity index (χ0v) is 15.1. The van der Waals surface area contributed by atoms with Crippen LogP contribution >= 0.6 is 0 Å². The van der Waals surface area contributed by atoms with Crippen molar-refractivity contribution >= 4 is 18.1 Å². The molecule has 9 heteroatoms. The van der Waals surface area contributed by atoms with Gasteiger partial charge in [-0.1, -0.05) is 12.1 Å². The van der Waals surface area contributed by atoms with Crippen molar-refractivity contribution in [3.05, 3.63) is 35.9 Å². The van der Waals surface area contributed by atoms with Crippen LogP contribution in [0.5, 0.6) is 5.75 Å². The second-order valence-electron chi connectivity index (χ2n) is 7.06. The minimum Gasteiger partial charge on any atom is -0.465 e. The van der Waals surface area contributed by atoms with Crippen molar-refractivity contribution < 1.29 is 32.6 Å². The first kappa shape index (κ1) is 20.0. The second-order valence-corrected chi connectivity index (χ2v) is 7.06. The molecule has 2 atom stereocenters. The summed E-state index contributed by atoms with van der Waals surface area (Å²) in [6.07, 6.45) is -1.15. The molecule has 2 amide bonds. The number of ether oxygens (including phenoxy) is 1. The van der Waals surface area contributed by atoms with Gasteiger partial charge in [-0.3, -0.25) is 4.79 Å². The molecule has 28 heavy (non-hydrogen) atoms. The zero-order valence-electron chi connectivity index (χ0n) is 15.1. The first-order chi connectivity index (χ1) is 13.2. The third-order valence-electron chi connectivity index (χ3n) is 5.23. The highest BCUT2D eigenvalue weighted by molar-refractivity contribution is 5.91. The smallest absolute Gasteiger partial charge is 0.465 e. The lowest BCUT2D eigenvalue weighted by Gasteiger charge is -2.20. The number of rotatable bonds is 3. The number of carboxylic acid groups (broad SMARTS) is 1. The van der Waals surface area contributed by atoms with Crippen LogP contribution in [-0.2, 0) is 4.79 Å². The molecule has 0 saturated carbocycles. The predicted octanol–water partition coefficient (Wildman–Crippen LogP) is 3.45. The van der Waals surface area contributed by atoms with Gasteiger partial charge < -0.3 is 19.6 Å². The van der Waals surface area contributed by atoms with E-state index in [9.17, 15) is 22.8 Å². The zero-order chi connectivity index (χ0) is 20.3. The van der Waals surface area contributed by atoms with Crippen molar-refractivity contribution in [3.63, 3.8) is 0 Å². The Hall–Kier alpha value is -2.71. The highest BCUT2D eigenvalue weighted by Gasteiger charge is 2.37. The summed E-state index contributed by atoms with van der Waals surface area (Å²) in [6, 6.07) is 5.27. The van der Waals surface area contributed by atoms with Gasteiger partial charge in [-0.15, -0.1) is 13.2 Å². The van der Waals surface area contributed by atoms with E-state index in [0.717, 1.165) is 12.8 Å². The van der Waals surface area contributed by atoms with Crippen molar-refractivity contribution in [2.45, 2.75) is 19.2 Å². The molecule has 0 aromatic heterocycles. The molecule has 2 aliphatic heterocycles. The van der Waals surface area contributed by atoms with Gasteiger partial charge in [0.2, 0.25) is 5.91 Å². The molecule has 1 aromatic rings. The molecule has 152 valence electrons. The molecule has 2 aliphatic rings. The van der Waals surface area contributed by atoms with E-state index in [-0.39, 0.29) is 23.5 Å². The number of alkyl halides is 3. The van der Waals surface area contributed by atoms with Crippen LogP contribution in [-0.4, -0.2) is 59.4 Å². The van der Waals surface area contributed by atoms with Crippen molar-refractivity contribution in [1.82, 2.24) is 9.80 Å². The molecule has 0 spiro atoms. The minimum absolute atomic E-state index is 0.161. The average molecular weight is 398 g/mol. The van der Waals surface area contributed by atoms with E-state index in [1.165, 1.54) is 35.2 Å². The van der Waals surface area contributed by atoms with E-state index < -0.39 is 12.5 Å². The number of hydrogen-bond donors (Lipinski definition) is 1. The SMILES string of the molecule is O=C(O)N1C[C@H]2CCN(C(=O)C=Cc3ccc(OC(F)(F)F)cc3)CC[C@H]2C1. The summed E-state index contributed by atoms with van der Waals surface area (Å²) in [5.41, 5.74) is 0.590. The van der Waals surface area contributed by atoms with Crippen LogP contribution in [0.3, 0.4) is 0 Å². The van der Waals surface area contributed by atoms with Gasteiger partial charge in [0.15, 0.2) is 0 Å². The summed E-state index contributed by atoms with van der Waals surface area (Å²) in [7, 11) is 0. The number of hydrogen-bond acceptors (Lipinski definition) is 3. The molecule has 1 N–H and O–H groups in total. The largest absolute Gasteiger partial charge is 0.573 e. The first-order valence-electron chi connectivity index (χ1n) is 9.02. The highest BCUT2D eigenvalue weighted by atomic mass is 19.4. The summed E-state index contributed by atoms with van der Waals surface area (Å²) in [5.74, 6) is 0.0780. The van der Waals surface area contributed by atoms with Crippen LogP contribution in [0.1, 0.15) is 18.4 Å². The maximum Gasteiger partial charge on any atom is 0.573 e. The van der Waals surface area contributed by atoms with Gasteiger partial charge in [0.05, 0.1) is 0 Å². The second kappa shape index (κ2) is 8.12. The maximum atomic E-state index is 12.4. The van der Waals surface area contributed by atoms with Crippen LogP contribution in [0.2, 0.25) is 0 Å². The number of nitrogens with zero attached hydrogens (tertiary/aromatic N) is 2. The van der Waals surface area contributed by atoms with Gasteiger partial charge in [0.25, 0.3) is 0 Å². The summed E-state index contributed by atoms with van der Waals surface area (Å²) in [5, 5.41) is 9.11. The molecule has 2 heterocycles. The molecule has 2 saturated heterocycles. The Morgan fingerprint density at radius 3 is 2.11 bits per heavy atom. The number of halogens is 3. The summed E-state index contributed by atoms with van der Waals surface area (Å²) >= 11 is 0. The predicted molar refractivity (Wildman–Crippen MR) is 94.6 cm³/mol. The van der Waals surface area contributed by atoms with Gasteiger partial charge >= 0.3 is 12.5 Å². The average Bonchev–Trinajstić information content (AvgIpc) is 2.93. The van der Waals surface area contributed by atoms with E-state index in [1.807, 2.05) is 0 Å². The monoisotopic (exact) mass is 398 g/mol. The quantitative estimate of drug-likeness (QED) is 0.792. The van der Waals surface area contributed by atoms with E-state index in [2.05, 4.69) is 4.74 Å². The molecule has 0 radical (unpaired) electrons. The Labute approximate surface area is 160 Å². The van der Waals surface area contributed by atoms with Gasteiger partial charge in [0.1, 0.15) is 5.75 Å². The normalized spacial score (nSPS) is 22.8. The van der Waals surface area contributed by atoms with Crippen molar-refractivity contribution in [2.24, 2.45) is 11.8 Å². The Balaban J connectivity index is 1.53. The van der Waals surface area contributed by atoms with Gasteiger partial charge in [-0.05, 0) is 48.4 Å². The number of fused-ring (bicyclic) bond motifs is 1. The van der Waals surface area contributed by atoms with Gasteiger partial charge in [-0.25, -0.2) is 4.79 Å². The van der Waals surface area contributed by atoms with Crippen LogP contribution in [0.15, 0.2) is 30.3 Å². The Bertz CT molecular complexity index is 733. The number of benzene rings is 1. The number of carbonyl (C=O) groups is 2. The molecule has 1 aromatic carbocycles. The summed E-state index contributed by atoms with van der Waals surface area (Å²) in [6.45, 7) is 2.17. The van der Waals surface area contributed by atoms with Crippen LogP contribution < -0.4 is 4.74 Å². The Kier molecular flexibility index (Phi) is 5.81. The maximum absolute atomic E-state index is 12.4. The van der Waals surface area contributed by atoms with Gasteiger partial charge in [0, 0.05) is 32.3 Å². The lowest BCUT2D eigenvalue weighted by molar-refractivity contribution is -0.274. The van der Waals surface area contributed by atoms with E-state index in [0.29, 0.717) is 31.7 Å². The number of amides is 2. The lowest BCUT2D eigenvalue weighted by Crippen LogP contribution is -2.32. The summed E-state index contributed by atoms with van der Waals surface area (Å²) < 4.78 is 40.3. The van der Waals surface area contributed by atoms with Crippen LogP contribution in [0.4, 0.5) is 18.0 Å². The molecular formula is C19H21F3N2O4. The molecular weight excluding hydrogens is 377 g/mol. The van der Waals surface area contributed by atoms with E-state index in [4.69, 9.17) is 5.11 Å². The Morgan fingerprint density at radius 2 is 1.61 bits per heavy atom. The fraction of sp³-hybridized carbons (Fsp3) is 0.474. The molecule has 0 unspecified atom stereocenters. The van der Waals surface area contributed by atoms with Crippen LogP contribution in [0, 0.1) is 11.8 Å². The lowest BCUT2D eigenvalue weighted by atomic mass is 9.92. The van der Waals surface area contributed by atoms with Crippen molar-refractivity contribution in [3.8, 4) is 5.75 Å². The number of likely N-dealkylation sites (tertiary alicyclic amines) is 2. The minimum atomic E-state index is -4.74.